The maximum absolute atomic E-state index is 13.2. The van der Waals surface area contributed by atoms with Gasteiger partial charge in [-0.05, 0) is 36.2 Å². The molecule has 26 heavy (non-hydrogen) atoms. The van der Waals surface area contributed by atoms with Gasteiger partial charge >= 0.3 is 0 Å². The van der Waals surface area contributed by atoms with Crippen molar-refractivity contribution >= 4 is 20.9 Å². The first-order valence-electron chi connectivity index (χ1n) is 8.68. The van der Waals surface area contributed by atoms with Crippen molar-refractivity contribution in [3.8, 4) is 0 Å². The summed E-state index contributed by atoms with van der Waals surface area (Å²) in [6, 6.07) is 17.1. The summed E-state index contributed by atoms with van der Waals surface area (Å²) >= 11 is 0. The highest BCUT2D eigenvalue weighted by Gasteiger charge is 2.33. The van der Waals surface area contributed by atoms with Crippen molar-refractivity contribution < 1.29 is 8.42 Å². The Kier molecular flexibility index (Phi) is 4.48. The summed E-state index contributed by atoms with van der Waals surface area (Å²) in [6.07, 6.45) is 1.67. The van der Waals surface area contributed by atoms with E-state index < -0.39 is 10.0 Å². The minimum atomic E-state index is -3.67. The average molecular weight is 367 g/mol. The lowest BCUT2D eigenvalue weighted by Gasteiger charge is -2.21. The Morgan fingerprint density at radius 3 is 2.65 bits per heavy atom. The Hall–Kier alpha value is -2.28. The van der Waals surface area contributed by atoms with E-state index in [1.165, 1.54) is 0 Å². The van der Waals surface area contributed by atoms with E-state index in [4.69, 9.17) is 0 Å². The molecule has 6 heteroatoms. The third-order valence-corrected chi connectivity index (χ3v) is 6.64. The summed E-state index contributed by atoms with van der Waals surface area (Å²) in [5.41, 5.74) is 2.55. The van der Waals surface area contributed by atoms with E-state index in [0.29, 0.717) is 22.3 Å². The maximum atomic E-state index is 13.2. The molecule has 134 valence electrons. The molecule has 2 atom stereocenters. The topological polar surface area (TPSA) is 71.1 Å². The molecule has 1 aromatic heterocycles. The number of hydrogen-bond acceptors (Lipinski definition) is 4. The molecule has 0 saturated carbocycles. The molecular formula is C20H21N3O2S. The van der Waals surface area contributed by atoms with Gasteiger partial charge in [0.15, 0.2) is 0 Å². The molecule has 0 bridgehead atoms. The number of aryl methyl sites for hydroxylation is 1. The van der Waals surface area contributed by atoms with Crippen LogP contribution in [0.25, 0.3) is 10.9 Å². The number of pyridine rings is 1. The van der Waals surface area contributed by atoms with Crippen LogP contribution in [0.2, 0.25) is 0 Å². The second-order valence-electron chi connectivity index (χ2n) is 6.68. The van der Waals surface area contributed by atoms with Crippen LogP contribution < -0.4 is 10.0 Å². The molecule has 1 aliphatic heterocycles. The summed E-state index contributed by atoms with van der Waals surface area (Å²) in [5, 5.41) is 3.96. The zero-order valence-corrected chi connectivity index (χ0v) is 15.3. The predicted molar refractivity (Wildman–Crippen MR) is 103 cm³/mol. The average Bonchev–Trinajstić information content (AvgIpc) is 3.09. The van der Waals surface area contributed by atoms with Crippen molar-refractivity contribution in [2.24, 2.45) is 0 Å². The molecule has 5 nitrogen and oxygen atoms in total. The van der Waals surface area contributed by atoms with Gasteiger partial charge in [-0.2, -0.15) is 0 Å². The van der Waals surface area contributed by atoms with Crippen LogP contribution in [0.15, 0.2) is 65.7 Å². The van der Waals surface area contributed by atoms with Gasteiger partial charge in [0.25, 0.3) is 0 Å². The Labute approximate surface area is 153 Å². The van der Waals surface area contributed by atoms with Crippen LogP contribution in [-0.2, 0) is 10.0 Å². The number of hydrogen-bond donors (Lipinski definition) is 2. The van der Waals surface area contributed by atoms with E-state index in [2.05, 4.69) is 15.0 Å². The van der Waals surface area contributed by atoms with Crippen LogP contribution in [0.5, 0.6) is 0 Å². The monoisotopic (exact) mass is 367 g/mol. The molecule has 1 fully saturated rings. The number of aromatic nitrogens is 1. The lowest BCUT2D eigenvalue weighted by molar-refractivity contribution is 0.542. The van der Waals surface area contributed by atoms with E-state index in [1.807, 2.05) is 55.5 Å². The Bertz CT molecular complexity index is 1040. The summed E-state index contributed by atoms with van der Waals surface area (Å²) in [7, 11) is -3.67. The summed E-state index contributed by atoms with van der Waals surface area (Å²) in [5.74, 6) is 0.111. The summed E-state index contributed by atoms with van der Waals surface area (Å²) in [6.45, 7) is 3.19. The number of benzene rings is 2. The minimum absolute atomic E-state index is 0.111. The Morgan fingerprint density at radius 1 is 1.04 bits per heavy atom. The van der Waals surface area contributed by atoms with Gasteiger partial charge < -0.3 is 5.32 Å². The van der Waals surface area contributed by atoms with Gasteiger partial charge in [-0.15, -0.1) is 0 Å². The molecule has 0 unspecified atom stereocenters. The smallest absolute Gasteiger partial charge is 0.241 e. The van der Waals surface area contributed by atoms with Gasteiger partial charge in [0, 0.05) is 36.6 Å². The number of rotatable bonds is 4. The molecule has 1 saturated heterocycles. The van der Waals surface area contributed by atoms with Crippen LogP contribution in [-0.4, -0.2) is 32.5 Å². The molecule has 2 aromatic carbocycles. The van der Waals surface area contributed by atoms with Gasteiger partial charge in [-0.25, -0.2) is 13.1 Å². The second-order valence-corrected chi connectivity index (χ2v) is 8.34. The molecule has 2 heterocycles. The fourth-order valence-corrected chi connectivity index (χ4v) is 5.42. The summed E-state index contributed by atoms with van der Waals surface area (Å²) in [4.78, 5) is 4.61. The van der Waals surface area contributed by atoms with E-state index in [0.717, 1.165) is 17.7 Å². The quantitative estimate of drug-likeness (QED) is 0.744. The number of nitrogens with one attached hydrogen (secondary N) is 2. The normalized spacial score (nSPS) is 20.5. The second kappa shape index (κ2) is 6.79. The molecule has 0 amide bonds. The molecule has 0 radical (unpaired) electrons. The third kappa shape index (κ3) is 3.11. The van der Waals surface area contributed by atoms with Crippen molar-refractivity contribution in [1.82, 2.24) is 15.0 Å². The van der Waals surface area contributed by atoms with Gasteiger partial charge in [0.05, 0.1) is 10.4 Å². The third-order valence-electron chi connectivity index (χ3n) is 4.95. The fraction of sp³-hybridized carbons (Fsp3) is 0.250. The van der Waals surface area contributed by atoms with Gasteiger partial charge in [-0.3, -0.25) is 4.98 Å². The molecule has 0 aliphatic carbocycles. The first kappa shape index (κ1) is 17.1. The number of nitrogens with zero attached hydrogens (tertiary/aromatic N) is 1. The lowest BCUT2D eigenvalue weighted by Crippen LogP contribution is -2.39. The maximum Gasteiger partial charge on any atom is 0.241 e. The van der Waals surface area contributed by atoms with E-state index in [-0.39, 0.29) is 12.0 Å². The highest BCUT2D eigenvalue weighted by atomic mass is 32.2. The van der Waals surface area contributed by atoms with Gasteiger partial charge in [-0.1, -0.05) is 36.4 Å². The minimum Gasteiger partial charge on any atom is -0.314 e. The van der Waals surface area contributed by atoms with Crippen LogP contribution in [0, 0.1) is 6.92 Å². The fourth-order valence-electron chi connectivity index (χ4n) is 3.70. The van der Waals surface area contributed by atoms with Crippen LogP contribution in [0.4, 0.5) is 0 Å². The standard InChI is InChI=1S/C20H21N3O2S/c1-14-9-10-18-16(8-5-11-22-18)20(14)26(24,25)23-19-13-21-12-17(19)15-6-3-2-4-7-15/h2-11,17,19,21,23H,12-13H2,1H3/t17-,19+/m0/s1. The first-order valence-corrected chi connectivity index (χ1v) is 10.2. The first-order chi connectivity index (χ1) is 12.6. The SMILES string of the molecule is Cc1ccc2ncccc2c1S(=O)(=O)N[C@@H]1CNC[C@H]1c1ccccc1. The van der Waals surface area contributed by atoms with Gasteiger partial charge in [0.1, 0.15) is 0 Å². The van der Waals surface area contributed by atoms with Crippen molar-refractivity contribution in [2.45, 2.75) is 23.8 Å². The van der Waals surface area contributed by atoms with Crippen LogP contribution >= 0.6 is 0 Å². The predicted octanol–water partition coefficient (Wildman–Crippen LogP) is 2.58. The van der Waals surface area contributed by atoms with Crippen molar-refractivity contribution in [1.29, 1.82) is 0 Å². The molecule has 3 aromatic rings. The van der Waals surface area contributed by atoms with E-state index in [9.17, 15) is 8.42 Å². The Balaban J connectivity index is 1.71. The highest BCUT2D eigenvalue weighted by Crippen LogP contribution is 2.28. The van der Waals surface area contributed by atoms with Crippen LogP contribution in [0.1, 0.15) is 17.0 Å². The van der Waals surface area contributed by atoms with Crippen LogP contribution in [0.3, 0.4) is 0 Å². The zero-order chi connectivity index (χ0) is 18.1. The largest absolute Gasteiger partial charge is 0.314 e. The number of sulfonamides is 1. The van der Waals surface area contributed by atoms with Crippen molar-refractivity contribution in [3.63, 3.8) is 0 Å². The Morgan fingerprint density at radius 2 is 1.85 bits per heavy atom. The van der Waals surface area contributed by atoms with E-state index >= 15 is 0 Å². The zero-order valence-electron chi connectivity index (χ0n) is 14.5. The van der Waals surface area contributed by atoms with E-state index in [1.54, 1.807) is 12.3 Å². The molecule has 2 N–H and O–H groups in total. The molecular weight excluding hydrogens is 346 g/mol. The van der Waals surface area contributed by atoms with Gasteiger partial charge in [0.2, 0.25) is 10.0 Å². The van der Waals surface area contributed by atoms with Crippen molar-refractivity contribution in [3.05, 3.63) is 71.9 Å². The number of fused-ring (bicyclic) bond motifs is 1. The molecule has 4 rings (SSSR count). The molecule has 0 spiro atoms. The van der Waals surface area contributed by atoms with Crippen molar-refractivity contribution in [2.75, 3.05) is 13.1 Å². The highest BCUT2D eigenvalue weighted by molar-refractivity contribution is 7.89. The lowest BCUT2D eigenvalue weighted by atomic mass is 9.95. The summed E-state index contributed by atoms with van der Waals surface area (Å²) < 4.78 is 29.4. The molecule has 1 aliphatic rings.